The van der Waals surface area contributed by atoms with Gasteiger partial charge in [-0.2, -0.15) is 0 Å². The quantitative estimate of drug-likeness (QED) is 0.605. The molecule has 0 aromatic carbocycles. The third-order valence-electron chi connectivity index (χ3n) is 2.53. The van der Waals surface area contributed by atoms with Gasteiger partial charge in [0.05, 0.1) is 13.2 Å². The maximum Gasteiger partial charge on any atom is 0.0637 e. The van der Waals surface area contributed by atoms with Crippen molar-refractivity contribution in [1.29, 1.82) is 0 Å². The van der Waals surface area contributed by atoms with Crippen LogP contribution in [-0.4, -0.2) is 43.3 Å². The number of allylic oxidation sites excluding steroid dienone is 1. The van der Waals surface area contributed by atoms with Crippen molar-refractivity contribution in [2.45, 2.75) is 19.0 Å². The van der Waals surface area contributed by atoms with Crippen LogP contribution in [0.15, 0.2) is 12.3 Å². The van der Waals surface area contributed by atoms with Crippen LogP contribution in [0.1, 0.15) is 6.92 Å². The molecule has 12 heavy (non-hydrogen) atoms. The average Bonchev–Trinajstić information content (AvgIpc) is 2.03. The Morgan fingerprint density at radius 2 is 2.00 bits per heavy atom. The molecule has 0 radical (unpaired) electrons. The lowest BCUT2D eigenvalue weighted by atomic mass is 10.1. The van der Waals surface area contributed by atoms with E-state index < -0.39 is 0 Å². The van der Waals surface area contributed by atoms with E-state index in [9.17, 15) is 0 Å². The van der Waals surface area contributed by atoms with Gasteiger partial charge in [-0.3, -0.25) is 0 Å². The Morgan fingerprint density at radius 1 is 1.42 bits per heavy atom. The molecule has 0 unspecified atom stereocenters. The van der Waals surface area contributed by atoms with Gasteiger partial charge in [0, 0.05) is 30.9 Å². The molecule has 3 nitrogen and oxygen atoms in total. The number of morpholine rings is 1. The molecule has 2 fully saturated rings. The van der Waals surface area contributed by atoms with E-state index in [-0.39, 0.29) is 0 Å². The number of piperazine rings is 1. The molecule has 0 aromatic heterocycles. The van der Waals surface area contributed by atoms with Gasteiger partial charge >= 0.3 is 0 Å². The lowest BCUT2D eigenvalue weighted by Crippen LogP contribution is -2.62. The van der Waals surface area contributed by atoms with Gasteiger partial charge in [-0.25, -0.2) is 0 Å². The second-order valence-electron chi connectivity index (χ2n) is 3.74. The molecule has 68 valence electrons. The Labute approximate surface area is 73.4 Å². The number of hydrogen-bond donors (Lipinski definition) is 1. The third-order valence-corrected chi connectivity index (χ3v) is 2.53. The zero-order valence-electron chi connectivity index (χ0n) is 7.55. The average molecular weight is 168 g/mol. The van der Waals surface area contributed by atoms with Gasteiger partial charge in [0.15, 0.2) is 0 Å². The third kappa shape index (κ3) is 1.47. The number of rotatable bonds is 1. The highest BCUT2D eigenvalue weighted by atomic mass is 16.5. The highest BCUT2D eigenvalue weighted by molar-refractivity contribution is 4.98. The van der Waals surface area contributed by atoms with Crippen LogP contribution >= 0.6 is 0 Å². The Kier molecular flexibility index (Phi) is 2.07. The van der Waals surface area contributed by atoms with Crippen LogP contribution in [0.2, 0.25) is 0 Å². The van der Waals surface area contributed by atoms with E-state index >= 15 is 0 Å². The summed E-state index contributed by atoms with van der Waals surface area (Å²) in [5.41, 5.74) is 1.17. The molecular weight excluding hydrogens is 152 g/mol. The molecule has 2 aliphatic heterocycles. The first-order valence-electron chi connectivity index (χ1n) is 4.50. The van der Waals surface area contributed by atoms with Crippen molar-refractivity contribution in [2.24, 2.45) is 0 Å². The number of ether oxygens (including phenoxy) is 1. The molecule has 2 saturated heterocycles. The Morgan fingerprint density at radius 3 is 2.50 bits per heavy atom. The largest absolute Gasteiger partial charge is 0.378 e. The van der Waals surface area contributed by atoms with Gasteiger partial charge in [0.2, 0.25) is 0 Å². The predicted molar refractivity (Wildman–Crippen MR) is 47.9 cm³/mol. The van der Waals surface area contributed by atoms with Gasteiger partial charge in [-0.1, -0.05) is 6.58 Å². The second-order valence-corrected chi connectivity index (χ2v) is 3.74. The summed E-state index contributed by atoms with van der Waals surface area (Å²) in [6, 6.07) is 1.02. The summed E-state index contributed by atoms with van der Waals surface area (Å²) in [5.74, 6) is 0. The molecule has 2 rings (SSSR count). The summed E-state index contributed by atoms with van der Waals surface area (Å²) in [6.45, 7) is 9.82. The molecular formula is C9H16N2O. The van der Waals surface area contributed by atoms with Crippen LogP contribution in [-0.2, 0) is 4.74 Å². The molecule has 1 N–H and O–H groups in total. The molecule has 2 bridgehead atoms. The monoisotopic (exact) mass is 168 g/mol. The van der Waals surface area contributed by atoms with Crippen molar-refractivity contribution < 1.29 is 4.74 Å². The standard InChI is InChI=1S/C9H16N2O/c1-7(2)11-3-8-5-12-6-9(4-11)10-8/h8-10H,1,3-6H2,2H3/t8-,9+. The second kappa shape index (κ2) is 3.07. The Bertz CT molecular complexity index is 181. The SMILES string of the molecule is C=C(C)N1C[C@H]2COC[C@@H](C1)N2. The number of fused-ring (bicyclic) bond motifs is 2. The maximum atomic E-state index is 5.45. The molecule has 2 aliphatic rings. The Hall–Kier alpha value is -0.540. The first-order valence-corrected chi connectivity index (χ1v) is 4.50. The number of nitrogens with zero attached hydrogens (tertiary/aromatic N) is 1. The molecule has 3 heteroatoms. The van der Waals surface area contributed by atoms with Crippen molar-refractivity contribution in [3.63, 3.8) is 0 Å². The van der Waals surface area contributed by atoms with E-state index in [1.807, 2.05) is 0 Å². The van der Waals surface area contributed by atoms with Crippen LogP contribution in [0.3, 0.4) is 0 Å². The highest BCUT2D eigenvalue weighted by Crippen LogP contribution is 2.13. The number of hydrogen-bond acceptors (Lipinski definition) is 3. The summed E-state index contributed by atoms with van der Waals surface area (Å²) >= 11 is 0. The van der Waals surface area contributed by atoms with Gasteiger partial charge < -0.3 is 15.0 Å². The lowest BCUT2D eigenvalue weighted by molar-refractivity contribution is 0.00245. The summed E-state index contributed by atoms with van der Waals surface area (Å²) in [5, 5.41) is 3.53. The van der Waals surface area contributed by atoms with Gasteiger partial charge in [0.25, 0.3) is 0 Å². The van der Waals surface area contributed by atoms with Gasteiger partial charge in [0.1, 0.15) is 0 Å². The van der Waals surface area contributed by atoms with E-state index in [4.69, 9.17) is 4.74 Å². The normalized spacial score (nSPS) is 34.9. The number of nitrogens with one attached hydrogen (secondary N) is 1. The molecule has 0 aromatic rings. The van der Waals surface area contributed by atoms with Gasteiger partial charge in [-0.15, -0.1) is 0 Å². The molecule has 0 saturated carbocycles. The van der Waals surface area contributed by atoms with E-state index in [1.54, 1.807) is 0 Å². The summed E-state index contributed by atoms with van der Waals surface area (Å²) in [4.78, 5) is 2.34. The topological polar surface area (TPSA) is 24.5 Å². The molecule has 2 heterocycles. The zero-order valence-corrected chi connectivity index (χ0v) is 7.55. The lowest BCUT2D eigenvalue weighted by Gasteiger charge is -2.43. The fourth-order valence-corrected chi connectivity index (χ4v) is 1.91. The minimum Gasteiger partial charge on any atom is -0.378 e. The van der Waals surface area contributed by atoms with Crippen LogP contribution in [0.25, 0.3) is 0 Å². The Balaban J connectivity index is 2.00. The minimum atomic E-state index is 0.509. The maximum absolute atomic E-state index is 5.45. The van der Waals surface area contributed by atoms with Crippen molar-refractivity contribution in [3.05, 3.63) is 12.3 Å². The highest BCUT2D eigenvalue weighted by Gasteiger charge is 2.29. The fourth-order valence-electron chi connectivity index (χ4n) is 1.91. The van der Waals surface area contributed by atoms with E-state index in [2.05, 4.69) is 23.7 Å². The van der Waals surface area contributed by atoms with Crippen LogP contribution in [0.5, 0.6) is 0 Å². The van der Waals surface area contributed by atoms with Crippen LogP contribution < -0.4 is 5.32 Å². The van der Waals surface area contributed by atoms with Crippen molar-refractivity contribution >= 4 is 0 Å². The zero-order chi connectivity index (χ0) is 8.55. The van der Waals surface area contributed by atoms with E-state index in [0.29, 0.717) is 12.1 Å². The van der Waals surface area contributed by atoms with E-state index in [1.165, 1.54) is 5.70 Å². The molecule has 2 atom stereocenters. The first-order chi connectivity index (χ1) is 5.75. The molecule has 0 amide bonds. The van der Waals surface area contributed by atoms with Crippen molar-refractivity contribution in [3.8, 4) is 0 Å². The smallest absolute Gasteiger partial charge is 0.0637 e. The minimum absolute atomic E-state index is 0.509. The summed E-state index contributed by atoms with van der Waals surface area (Å²) in [6.07, 6.45) is 0. The molecule has 0 spiro atoms. The van der Waals surface area contributed by atoms with Crippen LogP contribution in [0, 0.1) is 0 Å². The molecule has 0 aliphatic carbocycles. The fraction of sp³-hybridized carbons (Fsp3) is 0.778. The van der Waals surface area contributed by atoms with Crippen molar-refractivity contribution in [1.82, 2.24) is 10.2 Å². The summed E-state index contributed by atoms with van der Waals surface area (Å²) < 4.78 is 5.45. The van der Waals surface area contributed by atoms with Crippen LogP contribution in [0.4, 0.5) is 0 Å². The summed E-state index contributed by atoms with van der Waals surface area (Å²) in [7, 11) is 0. The predicted octanol–water partition coefficient (Wildman–Crippen LogP) is 0.193. The van der Waals surface area contributed by atoms with Gasteiger partial charge in [-0.05, 0) is 6.92 Å². The van der Waals surface area contributed by atoms with Crippen molar-refractivity contribution in [2.75, 3.05) is 26.3 Å². The van der Waals surface area contributed by atoms with E-state index in [0.717, 1.165) is 26.3 Å². The first kappa shape index (κ1) is 8.08.